The highest BCUT2D eigenvalue weighted by Gasteiger charge is 2.09. The molecule has 0 aliphatic heterocycles. The Morgan fingerprint density at radius 1 is 1.54 bits per heavy atom. The Hall–Kier alpha value is -1.42. The van der Waals surface area contributed by atoms with Crippen LogP contribution in [0, 0.1) is 0 Å². The summed E-state index contributed by atoms with van der Waals surface area (Å²) in [6.07, 6.45) is 6.32. The molecule has 2 heterocycles. The number of hydrogen-bond donors (Lipinski definition) is 2. The van der Waals surface area contributed by atoms with Crippen LogP contribution in [0.3, 0.4) is 0 Å². The largest absolute Gasteiger partial charge is 0.324 e. The monoisotopic (exact) mass is 176 g/mol. The number of aromatic nitrogens is 3. The first-order valence-corrected chi connectivity index (χ1v) is 4.36. The molecule has 0 aliphatic carbocycles. The average Bonchev–Trinajstić information content (AvgIpc) is 2.63. The second-order valence-electron chi connectivity index (χ2n) is 3.06. The van der Waals surface area contributed by atoms with E-state index in [0.717, 1.165) is 22.9 Å². The van der Waals surface area contributed by atoms with Crippen LogP contribution >= 0.6 is 0 Å². The Kier molecular flexibility index (Phi) is 1.98. The summed E-state index contributed by atoms with van der Waals surface area (Å²) in [6.45, 7) is 2.06. The molecule has 4 heteroatoms. The van der Waals surface area contributed by atoms with E-state index in [4.69, 9.17) is 5.73 Å². The Morgan fingerprint density at radius 2 is 2.38 bits per heavy atom. The predicted molar refractivity (Wildman–Crippen MR) is 51.1 cm³/mol. The van der Waals surface area contributed by atoms with Crippen molar-refractivity contribution in [2.24, 2.45) is 5.73 Å². The number of pyridine rings is 1. The van der Waals surface area contributed by atoms with Gasteiger partial charge in [-0.3, -0.25) is 10.1 Å². The van der Waals surface area contributed by atoms with E-state index in [0.29, 0.717) is 0 Å². The second-order valence-corrected chi connectivity index (χ2v) is 3.06. The van der Waals surface area contributed by atoms with E-state index >= 15 is 0 Å². The lowest BCUT2D eigenvalue weighted by Crippen LogP contribution is -2.09. The minimum atomic E-state index is 0.0498. The Morgan fingerprint density at radius 3 is 3.15 bits per heavy atom. The van der Waals surface area contributed by atoms with Crippen molar-refractivity contribution in [3.63, 3.8) is 0 Å². The highest BCUT2D eigenvalue weighted by atomic mass is 15.1. The molecule has 13 heavy (non-hydrogen) atoms. The van der Waals surface area contributed by atoms with Gasteiger partial charge in [0.15, 0.2) is 0 Å². The number of nitrogens with zero attached hydrogens (tertiary/aromatic N) is 2. The third-order valence-electron chi connectivity index (χ3n) is 2.23. The van der Waals surface area contributed by atoms with Crippen LogP contribution < -0.4 is 5.73 Å². The quantitative estimate of drug-likeness (QED) is 0.726. The van der Waals surface area contributed by atoms with Crippen molar-refractivity contribution >= 4 is 10.9 Å². The lowest BCUT2D eigenvalue weighted by molar-refractivity contribution is 0.701. The van der Waals surface area contributed by atoms with Crippen LogP contribution in [0.4, 0.5) is 0 Å². The molecule has 0 fully saturated rings. The van der Waals surface area contributed by atoms with E-state index in [1.54, 1.807) is 6.20 Å². The first kappa shape index (κ1) is 8.19. The van der Waals surface area contributed by atoms with Crippen molar-refractivity contribution in [3.8, 4) is 0 Å². The van der Waals surface area contributed by atoms with Crippen LogP contribution in [0.5, 0.6) is 0 Å². The van der Waals surface area contributed by atoms with Gasteiger partial charge in [0.1, 0.15) is 5.52 Å². The van der Waals surface area contributed by atoms with Gasteiger partial charge in [-0.15, -0.1) is 0 Å². The molecule has 0 saturated heterocycles. The molecule has 2 aromatic heterocycles. The minimum absolute atomic E-state index is 0.0498. The normalized spacial score (nSPS) is 13.4. The number of fused-ring (bicyclic) bond motifs is 1. The summed E-state index contributed by atoms with van der Waals surface area (Å²) in [5.41, 5.74) is 7.88. The molecule has 0 aliphatic rings. The zero-order valence-corrected chi connectivity index (χ0v) is 7.49. The fraction of sp³-hybridized carbons (Fsp3) is 0.333. The molecule has 0 saturated carbocycles. The molecule has 0 radical (unpaired) electrons. The first-order chi connectivity index (χ1) is 6.33. The summed E-state index contributed by atoms with van der Waals surface area (Å²) in [7, 11) is 0. The molecule has 2 aromatic rings. The summed E-state index contributed by atoms with van der Waals surface area (Å²) in [5.74, 6) is 0. The fourth-order valence-electron chi connectivity index (χ4n) is 1.40. The van der Waals surface area contributed by atoms with Gasteiger partial charge in [0.2, 0.25) is 0 Å². The second kappa shape index (κ2) is 3.14. The van der Waals surface area contributed by atoms with E-state index in [9.17, 15) is 0 Å². The van der Waals surface area contributed by atoms with Crippen LogP contribution in [-0.2, 0) is 0 Å². The molecule has 0 aromatic carbocycles. The van der Waals surface area contributed by atoms with Gasteiger partial charge in [-0.1, -0.05) is 6.92 Å². The topological polar surface area (TPSA) is 67.6 Å². The SMILES string of the molecule is CCC(N)c1cncc2n[nH]cc12. The maximum Gasteiger partial charge on any atom is 0.111 e. The maximum atomic E-state index is 5.94. The highest BCUT2D eigenvalue weighted by Crippen LogP contribution is 2.21. The number of hydrogen-bond acceptors (Lipinski definition) is 3. The van der Waals surface area contributed by atoms with Crippen molar-refractivity contribution in [1.82, 2.24) is 15.2 Å². The third-order valence-corrected chi connectivity index (χ3v) is 2.23. The van der Waals surface area contributed by atoms with Crippen molar-refractivity contribution in [1.29, 1.82) is 0 Å². The van der Waals surface area contributed by atoms with Crippen LogP contribution in [-0.4, -0.2) is 15.2 Å². The molecule has 0 amide bonds. The van der Waals surface area contributed by atoms with Gasteiger partial charge in [-0.25, -0.2) is 0 Å². The third kappa shape index (κ3) is 1.29. The Bertz CT molecular complexity index is 407. The van der Waals surface area contributed by atoms with Crippen LogP contribution in [0.15, 0.2) is 18.6 Å². The standard InChI is InChI=1S/C9H12N4/c1-2-8(10)6-3-11-5-9-7(6)4-12-13-9/h3-5,8H,2,10H2,1H3,(H,12,13). The van der Waals surface area contributed by atoms with Gasteiger partial charge in [-0.2, -0.15) is 5.10 Å². The Balaban J connectivity index is 2.60. The van der Waals surface area contributed by atoms with Crippen LogP contribution in [0.2, 0.25) is 0 Å². The van der Waals surface area contributed by atoms with Gasteiger partial charge in [0.05, 0.1) is 6.20 Å². The smallest absolute Gasteiger partial charge is 0.111 e. The molecule has 0 bridgehead atoms. The van der Waals surface area contributed by atoms with Crippen molar-refractivity contribution in [3.05, 3.63) is 24.2 Å². The molecule has 68 valence electrons. The summed E-state index contributed by atoms with van der Waals surface area (Å²) in [6, 6.07) is 0.0498. The zero-order valence-electron chi connectivity index (χ0n) is 7.49. The summed E-state index contributed by atoms with van der Waals surface area (Å²) >= 11 is 0. The van der Waals surface area contributed by atoms with E-state index in [1.807, 2.05) is 12.4 Å². The first-order valence-electron chi connectivity index (χ1n) is 4.36. The predicted octanol–water partition coefficient (Wildman–Crippen LogP) is 1.37. The molecular formula is C9H12N4. The van der Waals surface area contributed by atoms with Gasteiger partial charge < -0.3 is 5.73 Å². The molecule has 2 rings (SSSR count). The molecule has 4 nitrogen and oxygen atoms in total. The molecule has 1 atom stereocenters. The lowest BCUT2D eigenvalue weighted by Gasteiger charge is -2.08. The summed E-state index contributed by atoms with van der Waals surface area (Å²) in [4.78, 5) is 4.09. The number of nitrogens with two attached hydrogens (primary N) is 1. The van der Waals surface area contributed by atoms with Gasteiger partial charge in [0, 0.05) is 23.8 Å². The van der Waals surface area contributed by atoms with Gasteiger partial charge >= 0.3 is 0 Å². The van der Waals surface area contributed by atoms with E-state index in [1.165, 1.54) is 0 Å². The zero-order chi connectivity index (χ0) is 9.26. The molecule has 1 unspecified atom stereocenters. The summed E-state index contributed by atoms with van der Waals surface area (Å²) < 4.78 is 0. The minimum Gasteiger partial charge on any atom is -0.324 e. The van der Waals surface area contributed by atoms with E-state index in [-0.39, 0.29) is 6.04 Å². The van der Waals surface area contributed by atoms with E-state index in [2.05, 4.69) is 22.1 Å². The van der Waals surface area contributed by atoms with Crippen molar-refractivity contribution in [2.45, 2.75) is 19.4 Å². The number of H-pyrrole nitrogens is 1. The average molecular weight is 176 g/mol. The van der Waals surface area contributed by atoms with Crippen molar-refractivity contribution in [2.75, 3.05) is 0 Å². The Labute approximate surface area is 76.2 Å². The number of nitrogens with one attached hydrogen (secondary N) is 1. The highest BCUT2D eigenvalue weighted by molar-refractivity contribution is 5.80. The fourth-order valence-corrected chi connectivity index (χ4v) is 1.40. The molecule has 3 N–H and O–H groups in total. The van der Waals surface area contributed by atoms with Gasteiger partial charge in [0.25, 0.3) is 0 Å². The molecular weight excluding hydrogens is 164 g/mol. The van der Waals surface area contributed by atoms with E-state index < -0.39 is 0 Å². The molecule has 0 spiro atoms. The number of rotatable bonds is 2. The number of aromatic amines is 1. The van der Waals surface area contributed by atoms with Crippen molar-refractivity contribution < 1.29 is 0 Å². The van der Waals surface area contributed by atoms with Crippen LogP contribution in [0.25, 0.3) is 10.9 Å². The summed E-state index contributed by atoms with van der Waals surface area (Å²) in [5, 5.41) is 7.94. The van der Waals surface area contributed by atoms with Crippen LogP contribution in [0.1, 0.15) is 24.9 Å². The van der Waals surface area contributed by atoms with Gasteiger partial charge in [-0.05, 0) is 12.0 Å². The lowest BCUT2D eigenvalue weighted by atomic mass is 10.0. The maximum absolute atomic E-state index is 5.94.